The SMILES string of the molecule is COc1[c]c(Cl)c(-c2cc(OC)nnc2OC)c(OC)n1. The highest BCUT2D eigenvalue weighted by Gasteiger charge is 2.21. The molecule has 0 aliphatic carbocycles. The van der Waals surface area contributed by atoms with Crippen molar-refractivity contribution in [2.75, 3.05) is 28.4 Å². The van der Waals surface area contributed by atoms with Gasteiger partial charge in [-0.05, 0) is 0 Å². The molecule has 8 heteroatoms. The fourth-order valence-corrected chi connectivity index (χ4v) is 1.96. The van der Waals surface area contributed by atoms with Gasteiger partial charge in [0.2, 0.25) is 23.5 Å². The third-order valence-electron chi connectivity index (χ3n) is 2.65. The van der Waals surface area contributed by atoms with E-state index in [0.29, 0.717) is 17.0 Å². The van der Waals surface area contributed by atoms with Crippen LogP contribution in [0.3, 0.4) is 0 Å². The average Bonchev–Trinajstić information content (AvgIpc) is 2.53. The number of aromatic nitrogens is 3. The number of ether oxygens (including phenoxy) is 4. The molecular formula is C13H13ClN3O4. The van der Waals surface area contributed by atoms with Crippen LogP contribution in [0.2, 0.25) is 5.02 Å². The summed E-state index contributed by atoms with van der Waals surface area (Å²) in [7, 11) is 5.89. The molecule has 0 aliphatic rings. The third kappa shape index (κ3) is 2.92. The summed E-state index contributed by atoms with van der Waals surface area (Å²) in [6.45, 7) is 0. The van der Waals surface area contributed by atoms with Crippen molar-refractivity contribution in [3.8, 4) is 34.6 Å². The number of hydrogen-bond acceptors (Lipinski definition) is 7. The molecule has 0 aliphatic heterocycles. The zero-order valence-electron chi connectivity index (χ0n) is 11.9. The minimum atomic E-state index is 0.216. The van der Waals surface area contributed by atoms with Gasteiger partial charge < -0.3 is 18.9 Å². The molecule has 0 amide bonds. The summed E-state index contributed by atoms with van der Waals surface area (Å²) >= 11 is 6.25. The van der Waals surface area contributed by atoms with Crippen molar-refractivity contribution >= 4 is 11.6 Å². The molecule has 0 bridgehead atoms. The lowest BCUT2D eigenvalue weighted by molar-refractivity contribution is 0.362. The molecule has 7 nitrogen and oxygen atoms in total. The molecule has 2 rings (SSSR count). The van der Waals surface area contributed by atoms with Crippen LogP contribution in [0.1, 0.15) is 0 Å². The molecule has 21 heavy (non-hydrogen) atoms. The Labute approximate surface area is 126 Å². The summed E-state index contributed by atoms with van der Waals surface area (Å²) in [5, 5.41) is 8.01. The monoisotopic (exact) mass is 310 g/mol. The Morgan fingerprint density at radius 2 is 1.67 bits per heavy atom. The average molecular weight is 311 g/mol. The van der Waals surface area contributed by atoms with Gasteiger partial charge in [-0.2, -0.15) is 4.98 Å². The molecule has 2 heterocycles. The predicted molar refractivity (Wildman–Crippen MR) is 75.3 cm³/mol. The topological polar surface area (TPSA) is 75.6 Å². The molecule has 2 aromatic heterocycles. The van der Waals surface area contributed by atoms with Gasteiger partial charge in [0.1, 0.15) is 0 Å². The minimum absolute atomic E-state index is 0.216. The van der Waals surface area contributed by atoms with Crippen LogP contribution in [0.5, 0.6) is 23.5 Å². The Morgan fingerprint density at radius 3 is 2.24 bits per heavy atom. The lowest BCUT2D eigenvalue weighted by Crippen LogP contribution is -2.01. The maximum atomic E-state index is 6.25. The first-order valence-electron chi connectivity index (χ1n) is 5.81. The van der Waals surface area contributed by atoms with Gasteiger partial charge in [-0.1, -0.05) is 11.6 Å². The van der Waals surface area contributed by atoms with Gasteiger partial charge in [-0.25, -0.2) is 0 Å². The number of hydrogen-bond donors (Lipinski definition) is 0. The van der Waals surface area contributed by atoms with Crippen molar-refractivity contribution in [3.63, 3.8) is 0 Å². The number of halogens is 1. The van der Waals surface area contributed by atoms with Gasteiger partial charge in [0, 0.05) is 6.07 Å². The Hall–Kier alpha value is -2.28. The van der Waals surface area contributed by atoms with Crippen molar-refractivity contribution in [1.82, 2.24) is 15.2 Å². The minimum Gasteiger partial charge on any atom is -0.480 e. The molecular weight excluding hydrogens is 298 g/mol. The number of pyridine rings is 1. The highest BCUT2D eigenvalue weighted by atomic mass is 35.5. The molecule has 2 aromatic rings. The normalized spacial score (nSPS) is 10.1. The highest BCUT2D eigenvalue weighted by Crippen LogP contribution is 2.41. The lowest BCUT2D eigenvalue weighted by Gasteiger charge is -2.13. The number of rotatable bonds is 5. The van der Waals surface area contributed by atoms with E-state index in [1.54, 1.807) is 6.07 Å². The van der Waals surface area contributed by atoms with E-state index in [9.17, 15) is 0 Å². The molecule has 0 N–H and O–H groups in total. The van der Waals surface area contributed by atoms with E-state index >= 15 is 0 Å². The Kier molecular flexibility index (Phi) is 4.64. The van der Waals surface area contributed by atoms with Gasteiger partial charge in [0.25, 0.3) is 0 Å². The summed E-state index contributed by atoms with van der Waals surface area (Å²) in [5.74, 6) is 1.04. The Morgan fingerprint density at radius 1 is 0.952 bits per heavy atom. The second-order valence-electron chi connectivity index (χ2n) is 3.75. The maximum absolute atomic E-state index is 6.25. The predicted octanol–water partition coefficient (Wildman–Crippen LogP) is 2.03. The standard InChI is InChI=1S/C13H13ClN3O4/c1-18-9-6-8(14)11(13(15-9)21-4)7-5-10(19-2)16-17-12(7)20-3/h5H,1-4H3. The first-order valence-corrected chi connectivity index (χ1v) is 6.19. The van der Waals surface area contributed by atoms with Crippen molar-refractivity contribution in [1.29, 1.82) is 0 Å². The van der Waals surface area contributed by atoms with Crippen molar-refractivity contribution in [3.05, 3.63) is 17.2 Å². The number of methoxy groups -OCH3 is 4. The summed E-state index contributed by atoms with van der Waals surface area (Å²) in [6, 6.07) is 4.42. The molecule has 1 radical (unpaired) electrons. The van der Waals surface area contributed by atoms with Crippen LogP contribution in [-0.4, -0.2) is 43.6 Å². The van der Waals surface area contributed by atoms with Crippen LogP contribution in [0.25, 0.3) is 11.1 Å². The first-order chi connectivity index (χ1) is 10.1. The molecule has 0 saturated carbocycles. The van der Waals surface area contributed by atoms with E-state index in [2.05, 4.69) is 21.2 Å². The molecule has 0 unspecified atom stereocenters. The molecule has 0 fully saturated rings. The van der Waals surface area contributed by atoms with Crippen molar-refractivity contribution < 1.29 is 18.9 Å². The largest absolute Gasteiger partial charge is 0.480 e. The van der Waals surface area contributed by atoms with Crippen LogP contribution in [0.15, 0.2) is 6.07 Å². The van der Waals surface area contributed by atoms with Gasteiger partial charge in [-0.15, -0.1) is 10.2 Å². The van der Waals surface area contributed by atoms with Gasteiger partial charge >= 0.3 is 0 Å². The van der Waals surface area contributed by atoms with E-state index in [1.807, 2.05) is 0 Å². The highest BCUT2D eigenvalue weighted by molar-refractivity contribution is 6.33. The second kappa shape index (κ2) is 6.45. The molecule has 0 spiro atoms. The second-order valence-corrected chi connectivity index (χ2v) is 4.13. The summed E-state index contributed by atoms with van der Waals surface area (Å²) in [6.07, 6.45) is 0. The molecule has 0 atom stereocenters. The Bertz CT molecular complexity index is 652. The van der Waals surface area contributed by atoms with Crippen LogP contribution in [0, 0.1) is 6.07 Å². The van der Waals surface area contributed by atoms with E-state index in [1.165, 1.54) is 28.4 Å². The summed E-state index contributed by atoms with van der Waals surface area (Å²) in [5.41, 5.74) is 0.989. The van der Waals surface area contributed by atoms with Crippen LogP contribution < -0.4 is 18.9 Å². The molecule has 111 valence electrons. The molecule has 0 saturated heterocycles. The Balaban J connectivity index is 2.70. The van der Waals surface area contributed by atoms with Gasteiger partial charge in [-0.3, -0.25) is 0 Å². The van der Waals surface area contributed by atoms with Crippen LogP contribution in [0.4, 0.5) is 0 Å². The zero-order valence-corrected chi connectivity index (χ0v) is 12.7. The molecule has 0 aromatic carbocycles. The van der Waals surface area contributed by atoms with Gasteiger partial charge in [0.15, 0.2) is 0 Å². The van der Waals surface area contributed by atoms with Gasteiger partial charge in [0.05, 0.1) is 50.7 Å². The van der Waals surface area contributed by atoms with Crippen LogP contribution in [-0.2, 0) is 0 Å². The summed E-state index contributed by atoms with van der Waals surface area (Å²) < 4.78 is 20.5. The fraction of sp³-hybridized carbons (Fsp3) is 0.308. The summed E-state index contributed by atoms with van der Waals surface area (Å²) in [4.78, 5) is 4.15. The van der Waals surface area contributed by atoms with Crippen LogP contribution >= 0.6 is 11.6 Å². The van der Waals surface area contributed by atoms with E-state index in [4.69, 9.17) is 30.5 Å². The third-order valence-corrected chi connectivity index (χ3v) is 2.93. The quantitative estimate of drug-likeness (QED) is 0.836. The smallest absolute Gasteiger partial charge is 0.241 e. The van der Waals surface area contributed by atoms with E-state index in [-0.39, 0.29) is 22.7 Å². The number of nitrogens with zero attached hydrogens (tertiary/aromatic N) is 3. The lowest BCUT2D eigenvalue weighted by atomic mass is 10.1. The maximum Gasteiger partial charge on any atom is 0.241 e. The van der Waals surface area contributed by atoms with E-state index in [0.717, 1.165) is 0 Å². The zero-order chi connectivity index (χ0) is 15.4. The van der Waals surface area contributed by atoms with Crippen molar-refractivity contribution in [2.24, 2.45) is 0 Å². The first kappa shape index (κ1) is 15.1. The fourth-order valence-electron chi connectivity index (χ4n) is 1.70. The van der Waals surface area contributed by atoms with E-state index < -0.39 is 0 Å². The van der Waals surface area contributed by atoms with Crippen molar-refractivity contribution in [2.45, 2.75) is 0 Å².